The van der Waals surface area contributed by atoms with Gasteiger partial charge in [-0.2, -0.15) is 0 Å². The second-order valence-electron chi connectivity index (χ2n) is 8.49. The minimum Gasteiger partial charge on any atom is -0.493 e. The predicted molar refractivity (Wildman–Crippen MR) is 139 cm³/mol. The summed E-state index contributed by atoms with van der Waals surface area (Å²) in [6.45, 7) is 1.09. The maximum Gasteiger partial charge on any atom is 0.512 e. The quantitative estimate of drug-likeness (QED) is 0.186. The number of hydrogen-bond acceptors (Lipinski definition) is 3. The van der Waals surface area contributed by atoms with Crippen LogP contribution in [-0.4, -0.2) is 22.4 Å². The molecule has 5 aromatic rings. The van der Waals surface area contributed by atoms with Gasteiger partial charge in [-0.15, -0.1) is 0 Å². The van der Waals surface area contributed by atoms with E-state index in [0.29, 0.717) is 31.9 Å². The summed E-state index contributed by atoms with van der Waals surface area (Å²) in [7, 11) is 0. The lowest BCUT2D eigenvalue weighted by molar-refractivity contribution is 0.140. The number of carbonyl (C=O) groups is 1. The Morgan fingerprint density at radius 1 is 0.771 bits per heavy atom. The normalized spacial score (nSPS) is 11.1. The smallest absolute Gasteiger partial charge is 0.493 e. The fourth-order valence-corrected chi connectivity index (χ4v) is 4.66. The van der Waals surface area contributed by atoms with Gasteiger partial charge in [-0.05, 0) is 42.3 Å². The van der Waals surface area contributed by atoms with Crippen molar-refractivity contribution in [1.82, 2.24) is 4.57 Å². The van der Waals surface area contributed by atoms with Crippen LogP contribution in [0.2, 0.25) is 0 Å². The van der Waals surface area contributed by atoms with Crippen molar-refractivity contribution in [2.45, 2.75) is 25.8 Å². The van der Waals surface area contributed by atoms with Crippen LogP contribution in [0.1, 0.15) is 17.5 Å². The molecule has 0 radical (unpaired) electrons. The van der Waals surface area contributed by atoms with Crippen molar-refractivity contribution >= 4 is 27.8 Å². The molecule has 0 saturated carbocycles. The molecule has 0 amide bonds. The van der Waals surface area contributed by atoms with Gasteiger partial charge in [-0.1, -0.05) is 84.9 Å². The first-order valence-corrected chi connectivity index (χ1v) is 11.9. The third-order valence-electron chi connectivity index (χ3n) is 6.25. The van der Waals surface area contributed by atoms with Crippen molar-refractivity contribution in [2.24, 2.45) is 0 Å². The first-order valence-electron chi connectivity index (χ1n) is 11.9. The summed E-state index contributed by atoms with van der Waals surface area (Å²) in [4.78, 5) is 11.6. The van der Waals surface area contributed by atoms with E-state index in [1.165, 1.54) is 5.56 Å². The van der Waals surface area contributed by atoms with Crippen LogP contribution >= 0.6 is 0 Å². The minimum absolute atomic E-state index is 0.403. The molecule has 0 aliphatic carbocycles. The van der Waals surface area contributed by atoms with Crippen LogP contribution in [0, 0.1) is 0 Å². The zero-order valence-corrected chi connectivity index (χ0v) is 19.4. The van der Waals surface area contributed by atoms with E-state index in [4.69, 9.17) is 9.47 Å². The van der Waals surface area contributed by atoms with Crippen molar-refractivity contribution in [3.05, 3.63) is 108 Å². The minimum atomic E-state index is -1.30. The molecule has 176 valence electrons. The molecule has 1 N–H and O–H groups in total. The van der Waals surface area contributed by atoms with Gasteiger partial charge in [0.1, 0.15) is 5.75 Å². The Kier molecular flexibility index (Phi) is 6.66. The fraction of sp³-hybridized carbons (Fsp3) is 0.167. The van der Waals surface area contributed by atoms with Crippen LogP contribution in [0.15, 0.2) is 97.1 Å². The largest absolute Gasteiger partial charge is 0.512 e. The SMILES string of the molecule is O=C(O)Oc1c(CCc2ccccc2)c2ccccc2n1CCCOc1cccc2ccccc12. The molecule has 0 aliphatic rings. The zero-order valence-electron chi connectivity index (χ0n) is 19.4. The molecule has 35 heavy (non-hydrogen) atoms. The molecule has 4 aromatic carbocycles. The van der Waals surface area contributed by atoms with Crippen LogP contribution in [0.5, 0.6) is 11.6 Å². The van der Waals surface area contributed by atoms with Gasteiger partial charge in [0.15, 0.2) is 0 Å². The van der Waals surface area contributed by atoms with E-state index in [1.54, 1.807) is 0 Å². The Balaban J connectivity index is 1.38. The van der Waals surface area contributed by atoms with Gasteiger partial charge >= 0.3 is 6.16 Å². The number of carboxylic acid groups (broad SMARTS) is 1. The maximum atomic E-state index is 11.6. The van der Waals surface area contributed by atoms with E-state index < -0.39 is 6.16 Å². The van der Waals surface area contributed by atoms with E-state index in [-0.39, 0.29) is 0 Å². The highest BCUT2D eigenvalue weighted by Gasteiger charge is 2.20. The average Bonchev–Trinajstić information content (AvgIpc) is 3.17. The molecule has 0 fully saturated rings. The van der Waals surface area contributed by atoms with Gasteiger partial charge in [0.25, 0.3) is 0 Å². The Labute approximate surface area is 204 Å². The van der Waals surface area contributed by atoms with E-state index in [2.05, 4.69) is 30.3 Å². The van der Waals surface area contributed by atoms with Gasteiger partial charge in [-0.3, -0.25) is 0 Å². The number of fused-ring (bicyclic) bond motifs is 2. The van der Waals surface area contributed by atoms with Gasteiger partial charge in [0, 0.05) is 22.9 Å². The molecule has 0 atom stereocenters. The monoisotopic (exact) mass is 465 g/mol. The Morgan fingerprint density at radius 2 is 1.49 bits per heavy atom. The fourth-order valence-electron chi connectivity index (χ4n) is 4.66. The molecule has 0 unspecified atom stereocenters. The van der Waals surface area contributed by atoms with Crippen molar-refractivity contribution in [2.75, 3.05) is 6.61 Å². The standard InChI is InChI=1S/C30H27NO4/c32-30(33)35-29-26(19-18-22-10-2-1-3-11-22)25-15-6-7-16-27(25)31(29)20-9-21-34-28-17-8-13-23-12-4-5-14-24(23)28/h1-8,10-17H,9,18-21H2,(H,32,33). The molecule has 5 nitrogen and oxygen atoms in total. The lowest BCUT2D eigenvalue weighted by Crippen LogP contribution is -2.12. The third kappa shape index (κ3) is 4.99. The van der Waals surface area contributed by atoms with Crippen molar-refractivity contribution in [3.8, 4) is 11.6 Å². The number of rotatable bonds is 9. The van der Waals surface area contributed by atoms with Crippen molar-refractivity contribution < 1.29 is 19.4 Å². The highest BCUT2D eigenvalue weighted by molar-refractivity contribution is 5.88. The molecule has 1 aromatic heterocycles. The third-order valence-corrected chi connectivity index (χ3v) is 6.25. The molecule has 5 heteroatoms. The van der Waals surface area contributed by atoms with Crippen LogP contribution in [0.25, 0.3) is 21.7 Å². The number of nitrogens with zero attached hydrogens (tertiary/aromatic N) is 1. The summed E-state index contributed by atoms with van der Waals surface area (Å²) >= 11 is 0. The van der Waals surface area contributed by atoms with E-state index in [9.17, 15) is 9.90 Å². The van der Waals surface area contributed by atoms with Crippen LogP contribution in [-0.2, 0) is 19.4 Å². The second-order valence-corrected chi connectivity index (χ2v) is 8.49. The highest BCUT2D eigenvalue weighted by atomic mass is 16.7. The van der Waals surface area contributed by atoms with Crippen molar-refractivity contribution in [3.63, 3.8) is 0 Å². The number of aromatic nitrogens is 1. The number of ether oxygens (including phenoxy) is 2. The second kappa shape index (κ2) is 10.3. The molecule has 0 spiro atoms. The topological polar surface area (TPSA) is 60.7 Å². The summed E-state index contributed by atoms with van der Waals surface area (Å²) < 4.78 is 13.4. The number of benzene rings is 4. The lowest BCUT2D eigenvalue weighted by atomic mass is 10.0. The predicted octanol–water partition coefficient (Wildman–Crippen LogP) is 7.11. The summed E-state index contributed by atoms with van der Waals surface area (Å²) in [6, 6.07) is 32.4. The number of aryl methyl sites for hydroxylation is 3. The average molecular weight is 466 g/mol. The maximum absolute atomic E-state index is 11.6. The van der Waals surface area contributed by atoms with Crippen molar-refractivity contribution in [1.29, 1.82) is 0 Å². The van der Waals surface area contributed by atoms with Gasteiger partial charge < -0.3 is 19.1 Å². The highest BCUT2D eigenvalue weighted by Crippen LogP contribution is 2.34. The van der Waals surface area contributed by atoms with Gasteiger partial charge in [-0.25, -0.2) is 4.79 Å². The van der Waals surface area contributed by atoms with Crippen LogP contribution in [0.4, 0.5) is 4.79 Å². The molecule has 0 saturated heterocycles. The summed E-state index contributed by atoms with van der Waals surface area (Å²) in [6.07, 6.45) is 0.888. The zero-order chi connectivity index (χ0) is 24.0. The van der Waals surface area contributed by atoms with E-state index >= 15 is 0 Å². The van der Waals surface area contributed by atoms with E-state index in [0.717, 1.165) is 39.4 Å². The summed E-state index contributed by atoms with van der Waals surface area (Å²) in [5.74, 6) is 1.26. The first kappa shape index (κ1) is 22.5. The first-order chi connectivity index (χ1) is 17.2. The lowest BCUT2D eigenvalue weighted by Gasteiger charge is -2.12. The molecule has 0 aliphatic heterocycles. The molecular formula is C30H27NO4. The van der Waals surface area contributed by atoms with Gasteiger partial charge in [0.05, 0.1) is 12.1 Å². The number of para-hydroxylation sites is 1. The Morgan fingerprint density at radius 3 is 2.31 bits per heavy atom. The number of hydrogen-bond donors (Lipinski definition) is 1. The van der Waals surface area contributed by atoms with Gasteiger partial charge in [0.2, 0.25) is 5.88 Å². The van der Waals surface area contributed by atoms with Crippen LogP contribution in [0.3, 0.4) is 0 Å². The van der Waals surface area contributed by atoms with Crippen LogP contribution < -0.4 is 9.47 Å². The molecule has 5 rings (SSSR count). The molecule has 1 heterocycles. The summed E-state index contributed by atoms with van der Waals surface area (Å²) in [5.41, 5.74) is 3.09. The van der Waals surface area contributed by atoms with E-state index in [1.807, 2.05) is 71.3 Å². The summed E-state index contributed by atoms with van der Waals surface area (Å²) in [5, 5.41) is 12.7. The Hall–Kier alpha value is -4.25. The Bertz CT molecular complexity index is 1450. The molecule has 0 bridgehead atoms. The molecular weight excluding hydrogens is 438 g/mol.